The summed E-state index contributed by atoms with van der Waals surface area (Å²) >= 11 is 0. The van der Waals surface area contributed by atoms with E-state index < -0.39 is 8.80 Å². The maximum Gasteiger partial charge on any atom is 0.499 e. The van der Waals surface area contributed by atoms with Gasteiger partial charge in [-0.2, -0.15) is 0 Å². The fraction of sp³-hybridized carbons (Fsp3) is 1.00. The van der Waals surface area contributed by atoms with Crippen LogP contribution in [0, 0.1) is 0 Å². The standard InChI is InChI=1S/C5H14O3Si.C2H8OSi/c1-5-9(6-2,7-3)8-4;1-2-3-4/h5H2,1-4H3;2H2,1,4H3. The highest BCUT2D eigenvalue weighted by Gasteiger charge is 2.34. The normalized spacial score (nSPS) is 10.8. The zero-order valence-corrected chi connectivity index (χ0v) is 12.5. The van der Waals surface area contributed by atoms with Crippen molar-refractivity contribution in [2.24, 2.45) is 0 Å². The van der Waals surface area contributed by atoms with Crippen LogP contribution in [0.25, 0.3) is 0 Å². The third kappa shape index (κ3) is 7.35. The minimum atomic E-state index is -2.19. The Labute approximate surface area is 85.4 Å². The van der Waals surface area contributed by atoms with Crippen molar-refractivity contribution in [2.75, 3.05) is 27.9 Å². The fourth-order valence-electron chi connectivity index (χ4n) is 0.683. The first-order valence-electron chi connectivity index (χ1n) is 4.30. The molecule has 0 N–H and O–H groups in total. The lowest BCUT2D eigenvalue weighted by Crippen LogP contribution is -2.41. The van der Waals surface area contributed by atoms with Crippen LogP contribution in [-0.2, 0) is 17.7 Å². The molecule has 0 atom stereocenters. The van der Waals surface area contributed by atoms with Crippen LogP contribution in [0.15, 0.2) is 0 Å². The van der Waals surface area contributed by atoms with Gasteiger partial charge in [-0.1, -0.05) is 6.92 Å². The summed E-state index contributed by atoms with van der Waals surface area (Å²) in [6.07, 6.45) is 0. The maximum absolute atomic E-state index is 5.08. The van der Waals surface area contributed by atoms with Crippen LogP contribution in [-0.4, -0.2) is 47.2 Å². The minimum Gasteiger partial charge on any atom is -0.428 e. The van der Waals surface area contributed by atoms with Crippen LogP contribution >= 0.6 is 0 Å². The molecule has 0 aliphatic carbocycles. The molecule has 0 amide bonds. The van der Waals surface area contributed by atoms with E-state index in [0.717, 1.165) is 23.1 Å². The Morgan fingerprint density at radius 2 is 1.31 bits per heavy atom. The van der Waals surface area contributed by atoms with Gasteiger partial charge in [0.25, 0.3) is 0 Å². The molecular formula is C7H22O4Si2. The first-order valence-corrected chi connectivity index (χ1v) is 7.05. The largest absolute Gasteiger partial charge is 0.499 e. The van der Waals surface area contributed by atoms with Gasteiger partial charge in [-0.05, 0) is 6.92 Å². The van der Waals surface area contributed by atoms with Crippen molar-refractivity contribution in [2.45, 2.75) is 19.9 Å². The quantitative estimate of drug-likeness (QED) is 0.627. The molecule has 0 saturated heterocycles. The predicted molar refractivity (Wildman–Crippen MR) is 58.8 cm³/mol. The van der Waals surface area contributed by atoms with E-state index in [1.54, 1.807) is 21.3 Å². The zero-order valence-electron chi connectivity index (χ0n) is 9.55. The predicted octanol–water partition coefficient (Wildman–Crippen LogP) is 0.188. The average molecular weight is 226 g/mol. The molecule has 0 aromatic rings. The van der Waals surface area contributed by atoms with E-state index in [2.05, 4.69) is 4.43 Å². The van der Waals surface area contributed by atoms with Crippen molar-refractivity contribution in [1.29, 1.82) is 0 Å². The average Bonchev–Trinajstić information content (AvgIpc) is 2.23. The van der Waals surface area contributed by atoms with Crippen molar-refractivity contribution < 1.29 is 17.7 Å². The lowest BCUT2D eigenvalue weighted by atomic mass is 10.9. The van der Waals surface area contributed by atoms with Gasteiger partial charge in [0.2, 0.25) is 0 Å². The van der Waals surface area contributed by atoms with Gasteiger partial charge in [-0.3, -0.25) is 0 Å². The monoisotopic (exact) mass is 226 g/mol. The highest BCUT2D eigenvalue weighted by molar-refractivity contribution is 6.60. The Bertz CT molecular complexity index is 79.0. The van der Waals surface area contributed by atoms with E-state index in [0.29, 0.717) is 0 Å². The Morgan fingerprint density at radius 1 is 1.00 bits per heavy atom. The van der Waals surface area contributed by atoms with E-state index >= 15 is 0 Å². The Balaban J connectivity index is 0. The van der Waals surface area contributed by atoms with E-state index in [9.17, 15) is 0 Å². The van der Waals surface area contributed by atoms with E-state index in [1.165, 1.54) is 0 Å². The van der Waals surface area contributed by atoms with E-state index in [-0.39, 0.29) is 0 Å². The SMILES string of the molecule is CCO[SiH3].CC[Si](OC)(OC)OC. The summed E-state index contributed by atoms with van der Waals surface area (Å²) in [6, 6.07) is 0.816. The smallest absolute Gasteiger partial charge is 0.428 e. The van der Waals surface area contributed by atoms with E-state index in [1.807, 2.05) is 13.8 Å². The number of hydrogen-bond donors (Lipinski definition) is 0. The molecule has 0 rings (SSSR count). The molecule has 0 aliphatic heterocycles. The van der Waals surface area contributed by atoms with Crippen molar-refractivity contribution >= 4 is 19.3 Å². The van der Waals surface area contributed by atoms with E-state index in [4.69, 9.17) is 13.3 Å². The molecule has 0 aliphatic rings. The van der Waals surface area contributed by atoms with Crippen LogP contribution in [0.5, 0.6) is 0 Å². The molecule has 0 saturated carbocycles. The fourth-order valence-corrected chi connectivity index (χ4v) is 2.05. The summed E-state index contributed by atoms with van der Waals surface area (Å²) in [5.74, 6) is 0. The van der Waals surface area contributed by atoms with Gasteiger partial charge in [0.1, 0.15) is 10.5 Å². The van der Waals surface area contributed by atoms with Crippen molar-refractivity contribution in [3.05, 3.63) is 0 Å². The molecule has 0 unspecified atom stereocenters. The van der Waals surface area contributed by atoms with Gasteiger partial charge in [0.05, 0.1) is 0 Å². The summed E-state index contributed by atoms with van der Waals surface area (Å²) < 4.78 is 19.9. The first-order chi connectivity index (χ1) is 6.16. The Kier molecular flexibility index (Phi) is 12.5. The molecular weight excluding hydrogens is 204 g/mol. The summed E-state index contributed by atoms with van der Waals surface area (Å²) in [7, 11) is 3.54. The highest BCUT2D eigenvalue weighted by atomic mass is 28.4. The third-order valence-corrected chi connectivity index (χ3v) is 4.96. The van der Waals surface area contributed by atoms with Crippen LogP contribution in [0.2, 0.25) is 6.04 Å². The van der Waals surface area contributed by atoms with Crippen molar-refractivity contribution in [3.8, 4) is 0 Å². The molecule has 0 fully saturated rings. The van der Waals surface area contributed by atoms with Gasteiger partial charge in [0.15, 0.2) is 0 Å². The molecule has 4 nitrogen and oxygen atoms in total. The van der Waals surface area contributed by atoms with Gasteiger partial charge < -0.3 is 17.7 Å². The number of rotatable bonds is 5. The summed E-state index contributed by atoms with van der Waals surface area (Å²) in [5.41, 5.74) is 0. The third-order valence-electron chi connectivity index (χ3n) is 1.65. The topological polar surface area (TPSA) is 36.9 Å². The van der Waals surface area contributed by atoms with Crippen LogP contribution < -0.4 is 0 Å². The molecule has 0 spiro atoms. The molecule has 0 heterocycles. The maximum atomic E-state index is 5.08. The van der Waals surface area contributed by atoms with Gasteiger partial charge >= 0.3 is 8.80 Å². The van der Waals surface area contributed by atoms with Crippen LogP contribution in [0.4, 0.5) is 0 Å². The molecule has 82 valence electrons. The van der Waals surface area contributed by atoms with Gasteiger partial charge in [0, 0.05) is 34.0 Å². The van der Waals surface area contributed by atoms with Crippen LogP contribution in [0.1, 0.15) is 13.8 Å². The van der Waals surface area contributed by atoms with Crippen molar-refractivity contribution in [1.82, 2.24) is 0 Å². The Morgan fingerprint density at radius 3 is 1.31 bits per heavy atom. The molecule has 0 bridgehead atoms. The summed E-state index contributed by atoms with van der Waals surface area (Å²) in [6.45, 7) is 4.86. The second-order valence-electron chi connectivity index (χ2n) is 2.23. The molecule has 6 heteroatoms. The van der Waals surface area contributed by atoms with Gasteiger partial charge in [-0.15, -0.1) is 0 Å². The molecule has 0 aromatic carbocycles. The lowest BCUT2D eigenvalue weighted by molar-refractivity contribution is 0.125. The molecule has 13 heavy (non-hydrogen) atoms. The first kappa shape index (κ1) is 15.7. The van der Waals surface area contributed by atoms with Crippen LogP contribution in [0.3, 0.4) is 0 Å². The molecule has 0 radical (unpaired) electrons. The lowest BCUT2D eigenvalue weighted by Gasteiger charge is -2.22. The summed E-state index contributed by atoms with van der Waals surface area (Å²) in [4.78, 5) is 0. The van der Waals surface area contributed by atoms with Crippen molar-refractivity contribution in [3.63, 3.8) is 0 Å². The van der Waals surface area contributed by atoms with Gasteiger partial charge in [-0.25, -0.2) is 0 Å². The summed E-state index contributed by atoms with van der Waals surface area (Å²) in [5, 5.41) is 0. The highest BCUT2D eigenvalue weighted by Crippen LogP contribution is 2.10. The number of hydrogen-bond acceptors (Lipinski definition) is 4. The molecule has 0 aromatic heterocycles. The second kappa shape index (κ2) is 10.4. The second-order valence-corrected chi connectivity index (χ2v) is 6.10. The Hall–Kier alpha value is 0.274. The zero-order chi connectivity index (χ0) is 10.7. The minimum absolute atomic E-state index is 0.816.